The van der Waals surface area contributed by atoms with Crippen LogP contribution in [0.3, 0.4) is 0 Å². The van der Waals surface area contributed by atoms with Crippen LogP contribution in [0.4, 0.5) is 0 Å². The largest absolute Gasteiger partial charge is 0.293 e. The van der Waals surface area contributed by atoms with Crippen LogP contribution in [0.25, 0.3) is 0 Å². The van der Waals surface area contributed by atoms with Gasteiger partial charge in [-0.3, -0.25) is 4.79 Å². The van der Waals surface area contributed by atoms with Crippen molar-refractivity contribution in [2.24, 2.45) is 0 Å². The number of sulfone groups is 1. The summed E-state index contributed by atoms with van der Waals surface area (Å²) >= 11 is 3.25. The highest BCUT2D eigenvalue weighted by molar-refractivity contribution is 9.10. The smallest absolute Gasteiger partial charge is 0.177 e. The molecule has 0 heterocycles. The lowest BCUT2D eigenvalue weighted by Crippen LogP contribution is -2.33. The number of hydrogen-bond acceptors (Lipinski definition) is 3. The number of benzene rings is 1. The summed E-state index contributed by atoms with van der Waals surface area (Å²) in [5.41, 5.74) is 0.409. The molecule has 0 amide bonds. The van der Waals surface area contributed by atoms with Gasteiger partial charge in [0.2, 0.25) is 0 Å². The van der Waals surface area contributed by atoms with E-state index in [0.29, 0.717) is 5.56 Å². The van der Waals surface area contributed by atoms with E-state index >= 15 is 0 Å². The molecule has 0 saturated heterocycles. The van der Waals surface area contributed by atoms with Gasteiger partial charge in [0, 0.05) is 10.0 Å². The van der Waals surface area contributed by atoms with Gasteiger partial charge in [-0.2, -0.15) is 0 Å². The van der Waals surface area contributed by atoms with Crippen molar-refractivity contribution >= 4 is 31.6 Å². The molecule has 0 bridgehead atoms. The molecule has 1 aromatic carbocycles. The molecule has 0 radical (unpaired) electrons. The monoisotopic (exact) mass is 318 g/mol. The molecule has 94 valence electrons. The topological polar surface area (TPSA) is 51.2 Å². The first kappa shape index (κ1) is 14.4. The molecule has 1 aromatic rings. The lowest BCUT2D eigenvalue weighted by Gasteiger charge is -2.18. The number of rotatable bonds is 3. The van der Waals surface area contributed by atoms with Crippen LogP contribution in [-0.2, 0) is 9.84 Å². The Morgan fingerprint density at radius 2 is 1.88 bits per heavy atom. The zero-order chi connectivity index (χ0) is 13.3. The van der Waals surface area contributed by atoms with E-state index in [-0.39, 0.29) is 5.78 Å². The molecule has 0 unspecified atom stereocenters. The molecule has 0 spiro atoms. The van der Waals surface area contributed by atoms with Crippen LogP contribution in [0.5, 0.6) is 0 Å². The van der Waals surface area contributed by atoms with E-state index in [0.717, 1.165) is 4.47 Å². The number of halogens is 1. The van der Waals surface area contributed by atoms with E-state index < -0.39 is 20.3 Å². The van der Waals surface area contributed by atoms with Crippen LogP contribution >= 0.6 is 15.9 Å². The molecule has 0 fully saturated rings. The maximum atomic E-state index is 11.9. The molecule has 0 aliphatic heterocycles. The SMILES string of the molecule is CC(C)(C)S(=O)(=O)CC(=O)c1cccc(Br)c1. The highest BCUT2D eigenvalue weighted by atomic mass is 79.9. The summed E-state index contributed by atoms with van der Waals surface area (Å²) in [5.74, 6) is -0.825. The summed E-state index contributed by atoms with van der Waals surface area (Å²) in [6, 6.07) is 6.74. The van der Waals surface area contributed by atoms with Gasteiger partial charge in [-0.05, 0) is 32.9 Å². The second kappa shape index (κ2) is 4.90. The van der Waals surface area contributed by atoms with Crippen LogP contribution in [0, 0.1) is 0 Å². The molecule has 0 atom stereocenters. The fourth-order valence-corrected chi connectivity index (χ4v) is 2.48. The summed E-state index contributed by atoms with van der Waals surface area (Å²) in [6.07, 6.45) is 0. The Bertz CT molecular complexity index is 527. The minimum Gasteiger partial charge on any atom is -0.293 e. The molecule has 0 saturated carbocycles. The second-order valence-corrected chi connectivity index (χ2v) is 8.46. The lowest BCUT2D eigenvalue weighted by atomic mass is 10.2. The van der Waals surface area contributed by atoms with Crippen LogP contribution in [0.15, 0.2) is 28.7 Å². The van der Waals surface area contributed by atoms with Crippen molar-refractivity contribution in [1.82, 2.24) is 0 Å². The van der Waals surface area contributed by atoms with Gasteiger partial charge < -0.3 is 0 Å². The molecule has 1 rings (SSSR count). The Balaban J connectivity index is 2.96. The second-order valence-electron chi connectivity index (χ2n) is 4.80. The predicted octanol–water partition coefficient (Wildman–Crippen LogP) is 2.85. The summed E-state index contributed by atoms with van der Waals surface area (Å²) in [6.45, 7) is 4.78. The van der Waals surface area contributed by atoms with Crippen molar-refractivity contribution in [2.75, 3.05) is 5.75 Å². The normalized spacial score (nSPS) is 12.5. The molecule has 0 N–H and O–H groups in total. The van der Waals surface area contributed by atoms with Crippen LogP contribution in [-0.4, -0.2) is 24.7 Å². The van der Waals surface area contributed by atoms with E-state index in [9.17, 15) is 13.2 Å². The number of hydrogen-bond donors (Lipinski definition) is 0. The molecule has 0 aliphatic rings. The van der Waals surface area contributed by atoms with E-state index in [1.54, 1.807) is 45.0 Å². The average molecular weight is 319 g/mol. The zero-order valence-electron chi connectivity index (χ0n) is 10.0. The molecule has 5 heteroatoms. The van der Waals surface area contributed by atoms with Crippen molar-refractivity contribution < 1.29 is 13.2 Å². The van der Waals surface area contributed by atoms with Gasteiger partial charge in [-0.15, -0.1) is 0 Å². The first-order valence-electron chi connectivity index (χ1n) is 5.14. The minimum atomic E-state index is -3.42. The third-order valence-corrected chi connectivity index (χ3v) is 5.40. The zero-order valence-corrected chi connectivity index (χ0v) is 12.4. The van der Waals surface area contributed by atoms with E-state index in [4.69, 9.17) is 0 Å². The van der Waals surface area contributed by atoms with Gasteiger partial charge in [0.1, 0.15) is 5.75 Å². The van der Waals surface area contributed by atoms with Crippen molar-refractivity contribution in [3.05, 3.63) is 34.3 Å². The Labute approximate surface area is 110 Å². The van der Waals surface area contributed by atoms with Gasteiger partial charge in [-0.25, -0.2) is 8.42 Å². The van der Waals surface area contributed by atoms with Crippen LogP contribution in [0.1, 0.15) is 31.1 Å². The van der Waals surface area contributed by atoms with Crippen LogP contribution < -0.4 is 0 Å². The van der Waals surface area contributed by atoms with Gasteiger partial charge in [0.15, 0.2) is 15.6 Å². The van der Waals surface area contributed by atoms with E-state index in [1.165, 1.54) is 0 Å². The van der Waals surface area contributed by atoms with Crippen LogP contribution in [0.2, 0.25) is 0 Å². The Morgan fingerprint density at radius 1 is 1.29 bits per heavy atom. The van der Waals surface area contributed by atoms with Crippen molar-refractivity contribution in [3.8, 4) is 0 Å². The maximum Gasteiger partial charge on any atom is 0.177 e. The molecular weight excluding hydrogens is 304 g/mol. The fourth-order valence-electron chi connectivity index (χ4n) is 1.13. The Hall–Kier alpha value is -0.680. The summed E-state index contributed by atoms with van der Waals surface area (Å²) in [5, 5.41) is 0. The first-order chi connectivity index (χ1) is 7.63. The van der Waals surface area contributed by atoms with Gasteiger partial charge in [0.25, 0.3) is 0 Å². The highest BCUT2D eigenvalue weighted by Crippen LogP contribution is 2.18. The van der Waals surface area contributed by atoms with E-state index in [2.05, 4.69) is 15.9 Å². The lowest BCUT2D eigenvalue weighted by molar-refractivity contribution is 0.102. The van der Waals surface area contributed by atoms with Crippen molar-refractivity contribution in [3.63, 3.8) is 0 Å². The molecule has 0 aromatic heterocycles. The third-order valence-electron chi connectivity index (χ3n) is 2.40. The number of Topliss-reactive ketones (excluding diaryl/α,β-unsaturated/α-hetero) is 1. The van der Waals surface area contributed by atoms with Gasteiger partial charge >= 0.3 is 0 Å². The number of ketones is 1. The first-order valence-corrected chi connectivity index (χ1v) is 7.59. The fraction of sp³-hybridized carbons (Fsp3) is 0.417. The number of carbonyl (C=O) groups is 1. The highest BCUT2D eigenvalue weighted by Gasteiger charge is 2.31. The van der Waals surface area contributed by atoms with Gasteiger partial charge in [-0.1, -0.05) is 28.1 Å². The van der Waals surface area contributed by atoms with Crippen molar-refractivity contribution in [1.29, 1.82) is 0 Å². The summed E-state index contributed by atoms with van der Waals surface area (Å²) in [7, 11) is -3.42. The third kappa shape index (κ3) is 3.64. The Morgan fingerprint density at radius 3 is 2.35 bits per heavy atom. The summed E-state index contributed by atoms with van der Waals surface area (Å²) < 4.78 is 23.6. The molecule has 0 aliphatic carbocycles. The van der Waals surface area contributed by atoms with E-state index in [1.807, 2.05) is 0 Å². The van der Waals surface area contributed by atoms with Crippen molar-refractivity contribution in [2.45, 2.75) is 25.5 Å². The Kier molecular flexibility index (Phi) is 4.15. The quantitative estimate of drug-likeness (QED) is 0.805. The number of carbonyl (C=O) groups excluding carboxylic acids is 1. The molecular formula is C12H15BrO3S. The molecule has 3 nitrogen and oxygen atoms in total. The minimum absolute atomic E-state index is 0.374. The summed E-state index contributed by atoms with van der Waals surface area (Å²) in [4.78, 5) is 11.9. The average Bonchev–Trinajstić information content (AvgIpc) is 2.15. The standard InChI is InChI=1S/C12H15BrO3S/c1-12(2,3)17(15,16)8-11(14)9-5-4-6-10(13)7-9/h4-7H,8H2,1-3H3. The maximum absolute atomic E-state index is 11.9. The van der Waals surface area contributed by atoms with Gasteiger partial charge in [0.05, 0.1) is 4.75 Å². The molecule has 17 heavy (non-hydrogen) atoms. The predicted molar refractivity (Wildman–Crippen MR) is 72.0 cm³/mol.